The Hall–Kier alpha value is -1.66. The molecule has 0 aliphatic carbocycles. The zero-order valence-electron chi connectivity index (χ0n) is 14.9. The van der Waals surface area contributed by atoms with E-state index in [1.54, 1.807) is 11.3 Å². The van der Waals surface area contributed by atoms with Crippen LogP contribution < -0.4 is 0 Å². The van der Waals surface area contributed by atoms with Crippen molar-refractivity contribution in [3.63, 3.8) is 0 Å². The monoisotopic (exact) mass is 347 g/mol. The van der Waals surface area contributed by atoms with Crippen LogP contribution in [-0.4, -0.2) is 47.0 Å². The third-order valence-electron chi connectivity index (χ3n) is 4.83. The van der Waals surface area contributed by atoms with Gasteiger partial charge in [-0.3, -0.25) is 9.69 Å². The summed E-state index contributed by atoms with van der Waals surface area (Å²) in [6.45, 7) is 12.4. The van der Waals surface area contributed by atoms with Crippen LogP contribution >= 0.6 is 11.3 Å². The van der Waals surface area contributed by atoms with E-state index >= 15 is 0 Å². The Morgan fingerprint density at radius 1 is 1.25 bits per heavy atom. The molecule has 2 aromatic rings. The Kier molecular flexibility index (Phi) is 5.06. The van der Waals surface area contributed by atoms with Crippen LogP contribution in [0.1, 0.15) is 44.1 Å². The van der Waals surface area contributed by atoms with Gasteiger partial charge < -0.3 is 9.42 Å². The first-order valence-electron chi connectivity index (χ1n) is 8.52. The summed E-state index contributed by atoms with van der Waals surface area (Å²) in [6.07, 6.45) is 0.987. The zero-order chi connectivity index (χ0) is 17.3. The van der Waals surface area contributed by atoms with Crippen LogP contribution in [0.5, 0.6) is 0 Å². The smallest absolute Gasteiger partial charge is 0.264 e. The number of hydrogen-bond donors (Lipinski definition) is 0. The summed E-state index contributed by atoms with van der Waals surface area (Å²) in [5, 5.41) is 4.02. The van der Waals surface area contributed by atoms with E-state index in [0.29, 0.717) is 0 Å². The molecule has 1 aliphatic heterocycles. The molecule has 3 rings (SSSR count). The number of aromatic nitrogens is 1. The van der Waals surface area contributed by atoms with E-state index in [-0.39, 0.29) is 5.91 Å². The van der Waals surface area contributed by atoms with Gasteiger partial charge in [-0.1, -0.05) is 12.1 Å². The topological polar surface area (TPSA) is 49.6 Å². The molecular weight excluding hydrogens is 322 g/mol. The number of piperazine rings is 1. The highest BCUT2D eigenvalue weighted by atomic mass is 32.1. The van der Waals surface area contributed by atoms with E-state index in [4.69, 9.17) is 4.52 Å². The quantitative estimate of drug-likeness (QED) is 0.852. The van der Waals surface area contributed by atoms with Crippen LogP contribution in [0, 0.1) is 20.8 Å². The summed E-state index contributed by atoms with van der Waals surface area (Å²) in [5.41, 5.74) is 3.43. The summed E-state index contributed by atoms with van der Waals surface area (Å²) in [7, 11) is 0. The highest BCUT2D eigenvalue weighted by Crippen LogP contribution is 2.24. The maximum absolute atomic E-state index is 12.7. The predicted molar refractivity (Wildman–Crippen MR) is 95.6 cm³/mol. The van der Waals surface area contributed by atoms with Crippen molar-refractivity contribution < 1.29 is 9.32 Å². The average molecular weight is 347 g/mol. The summed E-state index contributed by atoms with van der Waals surface area (Å²) >= 11 is 1.62. The fourth-order valence-corrected chi connectivity index (χ4v) is 4.27. The van der Waals surface area contributed by atoms with Gasteiger partial charge in [-0.05, 0) is 38.8 Å². The van der Waals surface area contributed by atoms with Gasteiger partial charge in [0.25, 0.3) is 5.91 Å². The van der Waals surface area contributed by atoms with Crippen LogP contribution in [0.15, 0.2) is 10.6 Å². The van der Waals surface area contributed by atoms with Crippen LogP contribution in [0.25, 0.3) is 0 Å². The van der Waals surface area contributed by atoms with E-state index in [2.05, 4.69) is 30.0 Å². The van der Waals surface area contributed by atoms with Crippen LogP contribution in [0.3, 0.4) is 0 Å². The molecule has 0 saturated carbocycles. The molecule has 1 saturated heterocycles. The van der Waals surface area contributed by atoms with Crippen molar-refractivity contribution in [1.29, 1.82) is 0 Å². The average Bonchev–Trinajstić information content (AvgIpc) is 3.11. The van der Waals surface area contributed by atoms with Crippen molar-refractivity contribution in [2.24, 2.45) is 0 Å². The number of carbonyl (C=O) groups is 1. The van der Waals surface area contributed by atoms with E-state index in [1.165, 1.54) is 16.0 Å². The van der Waals surface area contributed by atoms with E-state index in [0.717, 1.165) is 55.5 Å². The van der Waals surface area contributed by atoms with Gasteiger partial charge >= 0.3 is 0 Å². The molecular formula is C18H25N3O2S. The fourth-order valence-electron chi connectivity index (χ4n) is 3.19. The highest BCUT2D eigenvalue weighted by molar-refractivity contribution is 7.14. The van der Waals surface area contributed by atoms with Crippen molar-refractivity contribution in [3.05, 3.63) is 38.4 Å². The molecule has 0 N–H and O–H groups in total. The van der Waals surface area contributed by atoms with E-state index < -0.39 is 0 Å². The molecule has 24 heavy (non-hydrogen) atoms. The Labute approximate surface area is 147 Å². The molecule has 0 unspecified atom stereocenters. The third-order valence-corrected chi connectivity index (χ3v) is 5.92. The molecule has 130 valence electrons. The normalized spacial score (nSPS) is 15.9. The lowest BCUT2D eigenvalue weighted by molar-refractivity contribution is 0.0632. The van der Waals surface area contributed by atoms with E-state index in [1.807, 2.05) is 18.7 Å². The molecule has 0 radical (unpaired) electrons. The minimum absolute atomic E-state index is 0.180. The lowest BCUT2D eigenvalue weighted by atomic mass is 10.1. The molecule has 1 aliphatic rings. The molecule has 2 aromatic heterocycles. The molecule has 6 heteroatoms. The second kappa shape index (κ2) is 7.07. The number of aryl methyl sites for hydroxylation is 4. The maximum Gasteiger partial charge on any atom is 0.264 e. The van der Waals surface area contributed by atoms with Crippen molar-refractivity contribution in [3.8, 4) is 0 Å². The molecule has 0 atom stereocenters. The number of amides is 1. The van der Waals surface area contributed by atoms with Crippen molar-refractivity contribution in [1.82, 2.24) is 15.0 Å². The van der Waals surface area contributed by atoms with Gasteiger partial charge in [-0.15, -0.1) is 11.3 Å². The minimum Gasteiger partial charge on any atom is -0.361 e. The number of nitrogens with zero attached hydrogens (tertiary/aromatic N) is 3. The number of hydrogen-bond acceptors (Lipinski definition) is 5. The van der Waals surface area contributed by atoms with Crippen molar-refractivity contribution >= 4 is 17.2 Å². The largest absolute Gasteiger partial charge is 0.361 e. The highest BCUT2D eigenvalue weighted by Gasteiger charge is 2.25. The van der Waals surface area contributed by atoms with E-state index in [9.17, 15) is 4.79 Å². The summed E-state index contributed by atoms with van der Waals surface area (Å²) in [4.78, 5) is 19.2. The second-order valence-electron chi connectivity index (χ2n) is 6.42. The fraction of sp³-hybridized carbons (Fsp3) is 0.556. The summed E-state index contributed by atoms with van der Waals surface area (Å²) < 4.78 is 5.24. The lowest BCUT2D eigenvalue weighted by Crippen LogP contribution is -2.48. The summed E-state index contributed by atoms with van der Waals surface area (Å²) in [5.74, 6) is 1.08. The van der Waals surface area contributed by atoms with Gasteiger partial charge in [0.1, 0.15) is 5.76 Å². The minimum atomic E-state index is 0.180. The standard InChI is InChI=1S/C18H25N3O2S/c1-5-15-10-17(24-14(15)4)18(22)21-8-6-20(7-9-21)11-16-12(2)19-23-13(16)3/h10H,5-9,11H2,1-4H3. The third kappa shape index (κ3) is 3.39. The first-order chi connectivity index (χ1) is 11.5. The Morgan fingerprint density at radius 2 is 1.96 bits per heavy atom. The second-order valence-corrected chi connectivity index (χ2v) is 7.67. The number of carbonyl (C=O) groups excluding carboxylic acids is 1. The Balaban J connectivity index is 1.59. The van der Waals surface area contributed by atoms with Crippen LogP contribution in [0.2, 0.25) is 0 Å². The van der Waals surface area contributed by atoms with Crippen LogP contribution in [0.4, 0.5) is 0 Å². The molecule has 0 bridgehead atoms. The molecule has 5 nitrogen and oxygen atoms in total. The molecule has 1 amide bonds. The van der Waals surface area contributed by atoms with Gasteiger partial charge in [0.05, 0.1) is 10.6 Å². The van der Waals surface area contributed by atoms with Crippen LogP contribution in [-0.2, 0) is 13.0 Å². The molecule has 3 heterocycles. The number of thiophene rings is 1. The van der Waals surface area contributed by atoms with Gasteiger partial charge in [-0.25, -0.2) is 0 Å². The first-order valence-corrected chi connectivity index (χ1v) is 9.34. The van der Waals surface area contributed by atoms with Gasteiger partial charge in [0.2, 0.25) is 0 Å². The lowest BCUT2D eigenvalue weighted by Gasteiger charge is -2.34. The first kappa shape index (κ1) is 17.2. The zero-order valence-corrected chi connectivity index (χ0v) is 15.7. The molecule has 0 aromatic carbocycles. The SMILES string of the molecule is CCc1cc(C(=O)N2CCN(Cc3c(C)noc3C)CC2)sc1C. The molecule has 1 fully saturated rings. The van der Waals surface area contributed by atoms with Crippen molar-refractivity contribution in [2.75, 3.05) is 26.2 Å². The predicted octanol–water partition coefficient (Wildman–Crippen LogP) is 3.18. The number of rotatable bonds is 4. The van der Waals surface area contributed by atoms with Gasteiger partial charge in [0, 0.05) is 43.2 Å². The molecule has 0 spiro atoms. The van der Waals surface area contributed by atoms with Gasteiger partial charge in [0.15, 0.2) is 0 Å². The van der Waals surface area contributed by atoms with Crippen molar-refractivity contribution in [2.45, 2.75) is 40.7 Å². The summed E-state index contributed by atoms with van der Waals surface area (Å²) in [6, 6.07) is 2.07. The Morgan fingerprint density at radius 3 is 2.50 bits per heavy atom. The maximum atomic E-state index is 12.7. The Bertz CT molecular complexity index is 707. The van der Waals surface area contributed by atoms with Gasteiger partial charge in [-0.2, -0.15) is 0 Å².